The van der Waals surface area contributed by atoms with Gasteiger partial charge in [-0.25, -0.2) is 4.79 Å². The van der Waals surface area contributed by atoms with Gasteiger partial charge in [-0.2, -0.15) is 0 Å². The average molecular weight is 299 g/mol. The number of fused-ring (bicyclic) bond motifs is 1. The fourth-order valence-electron chi connectivity index (χ4n) is 3.30. The van der Waals surface area contributed by atoms with Gasteiger partial charge >= 0.3 is 6.03 Å². The maximum atomic E-state index is 12.0. The van der Waals surface area contributed by atoms with E-state index in [0.29, 0.717) is 5.92 Å². The van der Waals surface area contributed by atoms with E-state index in [1.54, 1.807) is 0 Å². The van der Waals surface area contributed by atoms with Crippen LogP contribution in [0.15, 0.2) is 30.5 Å². The smallest absolute Gasteiger partial charge is 0.317 e. The van der Waals surface area contributed by atoms with Gasteiger partial charge in [-0.3, -0.25) is 0 Å². The third kappa shape index (κ3) is 3.26. The van der Waals surface area contributed by atoms with Crippen molar-refractivity contribution in [1.82, 2.24) is 15.2 Å². The molecule has 0 spiro atoms. The van der Waals surface area contributed by atoms with E-state index in [1.807, 2.05) is 4.90 Å². The summed E-state index contributed by atoms with van der Waals surface area (Å²) >= 11 is 0. The first-order valence-electron chi connectivity index (χ1n) is 8.35. The van der Waals surface area contributed by atoms with Gasteiger partial charge in [-0.15, -0.1) is 0 Å². The lowest BCUT2D eigenvalue weighted by molar-refractivity contribution is 0.170. The number of piperidine rings is 1. The maximum Gasteiger partial charge on any atom is 0.317 e. The van der Waals surface area contributed by atoms with Crippen molar-refractivity contribution in [3.05, 3.63) is 36.0 Å². The second-order valence-corrected chi connectivity index (χ2v) is 6.23. The molecule has 3 rings (SSSR count). The van der Waals surface area contributed by atoms with E-state index in [2.05, 4.69) is 47.7 Å². The minimum absolute atomic E-state index is 0.104. The molecule has 1 aliphatic rings. The number of likely N-dealkylation sites (tertiary alicyclic amines) is 1. The monoisotopic (exact) mass is 299 g/mol. The lowest BCUT2D eigenvalue weighted by atomic mass is 9.90. The number of urea groups is 1. The summed E-state index contributed by atoms with van der Waals surface area (Å²) in [5, 5.41) is 4.31. The van der Waals surface area contributed by atoms with Crippen LogP contribution in [0, 0.1) is 5.92 Å². The van der Waals surface area contributed by atoms with Gasteiger partial charge in [0.1, 0.15) is 0 Å². The highest BCUT2D eigenvalue weighted by Crippen LogP contribution is 2.26. The zero-order valence-corrected chi connectivity index (χ0v) is 13.3. The number of para-hydroxylation sites is 1. The van der Waals surface area contributed by atoms with Gasteiger partial charge in [0, 0.05) is 36.7 Å². The molecule has 1 aromatic carbocycles. The van der Waals surface area contributed by atoms with Crippen LogP contribution in [0.3, 0.4) is 0 Å². The predicted molar refractivity (Wildman–Crippen MR) is 90.0 cm³/mol. The first-order valence-corrected chi connectivity index (χ1v) is 8.35. The van der Waals surface area contributed by atoms with Gasteiger partial charge < -0.3 is 15.2 Å². The molecular formula is C18H25N3O. The minimum Gasteiger partial charge on any atom is -0.361 e. The zero-order valence-electron chi connectivity index (χ0n) is 13.3. The molecule has 0 saturated carbocycles. The van der Waals surface area contributed by atoms with Gasteiger partial charge in [0.25, 0.3) is 0 Å². The quantitative estimate of drug-likeness (QED) is 0.891. The van der Waals surface area contributed by atoms with Crippen molar-refractivity contribution in [2.24, 2.45) is 5.92 Å². The summed E-state index contributed by atoms with van der Waals surface area (Å²) in [6.07, 6.45) is 6.43. The van der Waals surface area contributed by atoms with Crippen LogP contribution in [-0.2, 0) is 6.42 Å². The topological polar surface area (TPSA) is 48.1 Å². The Morgan fingerprint density at radius 1 is 1.32 bits per heavy atom. The zero-order chi connectivity index (χ0) is 15.4. The van der Waals surface area contributed by atoms with Gasteiger partial charge in [0.05, 0.1) is 0 Å². The summed E-state index contributed by atoms with van der Waals surface area (Å²) in [6.45, 7) is 4.60. The van der Waals surface area contributed by atoms with Crippen LogP contribution < -0.4 is 5.32 Å². The Balaban J connectivity index is 1.55. The Kier molecular flexibility index (Phi) is 4.66. The van der Waals surface area contributed by atoms with E-state index in [1.165, 1.54) is 16.5 Å². The van der Waals surface area contributed by atoms with E-state index in [9.17, 15) is 4.79 Å². The molecule has 2 aromatic rings. The molecular weight excluding hydrogens is 274 g/mol. The first kappa shape index (κ1) is 14.9. The Bertz CT molecular complexity index is 626. The molecule has 0 radical (unpaired) electrons. The number of benzene rings is 1. The predicted octanol–water partition coefficient (Wildman–Crippen LogP) is 3.54. The molecule has 0 unspecified atom stereocenters. The van der Waals surface area contributed by atoms with Crippen molar-refractivity contribution >= 4 is 16.9 Å². The standard InChI is InChI=1S/C18H25N3O/c1-2-9-19-18(22)21-10-7-14(8-11-21)12-15-13-20-17-6-4-3-5-16(15)17/h3-6,13-14,20H,2,7-12H2,1H3,(H,19,22). The number of H-pyrrole nitrogens is 1. The number of nitrogens with zero attached hydrogens (tertiary/aromatic N) is 1. The minimum atomic E-state index is 0.104. The maximum absolute atomic E-state index is 12.0. The molecule has 1 saturated heterocycles. The summed E-state index contributed by atoms with van der Waals surface area (Å²) in [4.78, 5) is 17.3. The first-order chi connectivity index (χ1) is 10.8. The molecule has 4 nitrogen and oxygen atoms in total. The second-order valence-electron chi connectivity index (χ2n) is 6.23. The highest BCUT2D eigenvalue weighted by Gasteiger charge is 2.23. The Morgan fingerprint density at radius 3 is 2.86 bits per heavy atom. The van der Waals surface area contributed by atoms with Crippen LogP contribution >= 0.6 is 0 Å². The molecule has 0 atom stereocenters. The normalized spacial score (nSPS) is 16.1. The molecule has 2 amide bonds. The van der Waals surface area contributed by atoms with Gasteiger partial charge in [-0.1, -0.05) is 25.1 Å². The van der Waals surface area contributed by atoms with Crippen LogP contribution in [-0.4, -0.2) is 35.5 Å². The molecule has 1 aromatic heterocycles. The summed E-state index contributed by atoms with van der Waals surface area (Å²) in [5.41, 5.74) is 2.62. The van der Waals surface area contributed by atoms with E-state index in [0.717, 1.165) is 45.3 Å². The summed E-state index contributed by atoms with van der Waals surface area (Å²) in [6, 6.07) is 8.58. The van der Waals surface area contributed by atoms with Crippen molar-refractivity contribution < 1.29 is 4.79 Å². The molecule has 0 bridgehead atoms. The molecule has 4 heteroatoms. The third-order valence-electron chi connectivity index (χ3n) is 4.61. The third-order valence-corrected chi connectivity index (χ3v) is 4.61. The summed E-state index contributed by atoms with van der Waals surface area (Å²) in [5.74, 6) is 0.675. The second kappa shape index (κ2) is 6.86. The number of nitrogens with one attached hydrogen (secondary N) is 2. The number of rotatable bonds is 4. The fourth-order valence-corrected chi connectivity index (χ4v) is 3.30. The number of hydrogen-bond donors (Lipinski definition) is 2. The van der Waals surface area contributed by atoms with Gasteiger partial charge in [-0.05, 0) is 43.2 Å². The number of carbonyl (C=O) groups is 1. The molecule has 2 heterocycles. The number of aromatic amines is 1. The number of carbonyl (C=O) groups excluding carboxylic acids is 1. The molecule has 0 aliphatic carbocycles. The SMILES string of the molecule is CCCNC(=O)N1CCC(Cc2c[nH]c3ccccc23)CC1. The lowest BCUT2D eigenvalue weighted by Crippen LogP contribution is -2.44. The van der Waals surface area contributed by atoms with Crippen LogP contribution in [0.5, 0.6) is 0 Å². The summed E-state index contributed by atoms with van der Waals surface area (Å²) < 4.78 is 0. The van der Waals surface area contributed by atoms with Crippen molar-refractivity contribution in [3.63, 3.8) is 0 Å². The Hall–Kier alpha value is -1.97. The van der Waals surface area contributed by atoms with Gasteiger partial charge in [0.2, 0.25) is 0 Å². The van der Waals surface area contributed by atoms with Gasteiger partial charge in [0.15, 0.2) is 0 Å². The van der Waals surface area contributed by atoms with Crippen molar-refractivity contribution in [3.8, 4) is 0 Å². The lowest BCUT2D eigenvalue weighted by Gasteiger charge is -2.32. The Labute approximate surface area is 131 Å². The van der Waals surface area contributed by atoms with E-state index < -0.39 is 0 Å². The number of hydrogen-bond acceptors (Lipinski definition) is 1. The fraction of sp³-hybridized carbons (Fsp3) is 0.500. The molecule has 1 aliphatic heterocycles. The number of amides is 2. The van der Waals surface area contributed by atoms with Crippen molar-refractivity contribution in [1.29, 1.82) is 0 Å². The van der Waals surface area contributed by atoms with E-state index in [-0.39, 0.29) is 6.03 Å². The highest BCUT2D eigenvalue weighted by molar-refractivity contribution is 5.83. The molecule has 22 heavy (non-hydrogen) atoms. The highest BCUT2D eigenvalue weighted by atomic mass is 16.2. The van der Waals surface area contributed by atoms with Crippen LogP contribution in [0.2, 0.25) is 0 Å². The van der Waals surface area contributed by atoms with Crippen molar-refractivity contribution in [2.75, 3.05) is 19.6 Å². The average Bonchev–Trinajstić information content (AvgIpc) is 2.96. The van der Waals surface area contributed by atoms with E-state index in [4.69, 9.17) is 0 Å². The summed E-state index contributed by atoms with van der Waals surface area (Å²) in [7, 11) is 0. The number of aromatic nitrogens is 1. The largest absolute Gasteiger partial charge is 0.361 e. The Morgan fingerprint density at radius 2 is 2.09 bits per heavy atom. The molecule has 1 fully saturated rings. The van der Waals surface area contributed by atoms with E-state index >= 15 is 0 Å². The van der Waals surface area contributed by atoms with Crippen LogP contribution in [0.25, 0.3) is 10.9 Å². The van der Waals surface area contributed by atoms with Crippen LogP contribution in [0.1, 0.15) is 31.7 Å². The van der Waals surface area contributed by atoms with Crippen LogP contribution in [0.4, 0.5) is 4.79 Å². The van der Waals surface area contributed by atoms with Crippen molar-refractivity contribution in [2.45, 2.75) is 32.6 Å². The molecule has 118 valence electrons. The molecule has 2 N–H and O–H groups in total.